The molecule has 0 saturated carbocycles. The minimum atomic E-state index is -0.0730. The van der Waals surface area contributed by atoms with Crippen LogP contribution in [0, 0.1) is 0 Å². The first-order valence-corrected chi connectivity index (χ1v) is 3.48. The summed E-state index contributed by atoms with van der Waals surface area (Å²) in [5, 5.41) is 0. The number of rotatable bonds is 3. The number of hydrogen-bond acceptors (Lipinski definition) is 3. The molecule has 0 fully saturated rings. The SMILES string of the molecule is COC(CN)c1cn(C)cn1. The number of nitrogens with two attached hydrogens (primary N) is 1. The molecule has 0 aliphatic rings. The van der Waals surface area contributed by atoms with Crippen molar-refractivity contribution >= 4 is 0 Å². The molecule has 11 heavy (non-hydrogen) atoms. The van der Waals surface area contributed by atoms with Gasteiger partial charge in [-0.25, -0.2) is 4.98 Å². The van der Waals surface area contributed by atoms with E-state index >= 15 is 0 Å². The summed E-state index contributed by atoms with van der Waals surface area (Å²) in [4.78, 5) is 4.12. The van der Waals surface area contributed by atoms with Gasteiger partial charge in [0.2, 0.25) is 0 Å². The lowest BCUT2D eigenvalue weighted by molar-refractivity contribution is 0.107. The molecule has 62 valence electrons. The zero-order chi connectivity index (χ0) is 8.27. The van der Waals surface area contributed by atoms with E-state index in [2.05, 4.69) is 4.98 Å². The molecular formula is C7H13N3O. The highest BCUT2D eigenvalue weighted by molar-refractivity contribution is 5.01. The molecule has 0 aliphatic heterocycles. The van der Waals surface area contributed by atoms with Crippen molar-refractivity contribution in [2.75, 3.05) is 13.7 Å². The first-order valence-electron chi connectivity index (χ1n) is 3.48. The molecule has 0 aromatic carbocycles. The molecule has 1 atom stereocenters. The summed E-state index contributed by atoms with van der Waals surface area (Å²) < 4.78 is 6.97. The summed E-state index contributed by atoms with van der Waals surface area (Å²) in [7, 11) is 3.55. The van der Waals surface area contributed by atoms with E-state index < -0.39 is 0 Å². The van der Waals surface area contributed by atoms with Crippen LogP contribution in [0.15, 0.2) is 12.5 Å². The third kappa shape index (κ3) is 1.78. The van der Waals surface area contributed by atoms with Gasteiger partial charge in [-0.15, -0.1) is 0 Å². The van der Waals surface area contributed by atoms with Gasteiger partial charge in [0.1, 0.15) is 6.10 Å². The predicted molar refractivity (Wildman–Crippen MR) is 42.0 cm³/mol. The summed E-state index contributed by atoms with van der Waals surface area (Å²) in [5.74, 6) is 0. The Bertz CT molecular complexity index is 217. The van der Waals surface area contributed by atoms with Crippen LogP contribution in [0.5, 0.6) is 0 Å². The molecule has 0 radical (unpaired) electrons. The maximum atomic E-state index is 5.45. The lowest BCUT2D eigenvalue weighted by Crippen LogP contribution is -2.14. The third-order valence-electron chi connectivity index (χ3n) is 1.55. The quantitative estimate of drug-likeness (QED) is 0.671. The van der Waals surface area contributed by atoms with Gasteiger partial charge in [-0.2, -0.15) is 0 Å². The van der Waals surface area contributed by atoms with Crippen molar-refractivity contribution in [3.8, 4) is 0 Å². The molecule has 1 rings (SSSR count). The van der Waals surface area contributed by atoms with Crippen LogP contribution in [0.4, 0.5) is 0 Å². The minimum absolute atomic E-state index is 0.0730. The number of nitrogens with zero attached hydrogens (tertiary/aromatic N) is 2. The van der Waals surface area contributed by atoms with E-state index in [-0.39, 0.29) is 6.10 Å². The van der Waals surface area contributed by atoms with Gasteiger partial charge in [0.05, 0.1) is 12.0 Å². The van der Waals surface area contributed by atoms with E-state index in [0.717, 1.165) is 5.69 Å². The Labute approximate surface area is 66.0 Å². The standard InChI is InChI=1S/C7H13N3O/c1-10-4-6(9-5-10)7(3-8)11-2/h4-5,7H,3,8H2,1-2H3. The maximum Gasteiger partial charge on any atom is 0.113 e. The normalized spacial score (nSPS) is 13.4. The predicted octanol–water partition coefficient (Wildman–Crippen LogP) is 0.0663. The lowest BCUT2D eigenvalue weighted by atomic mass is 10.3. The number of aromatic nitrogens is 2. The molecule has 0 amide bonds. The van der Waals surface area contributed by atoms with E-state index in [1.54, 1.807) is 13.4 Å². The van der Waals surface area contributed by atoms with Crippen LogP contribution in [-0.2, 0) is 11.8 Å². The third-order valence-corrected chi connectivity index (χ3v) is 1.55. The second-order valence-electron chi connectivity index (χ2n) is 2.42. The highest BCUT2D eigenvalue weighted by atomic mass is 16.5. The molecule has 1 heterocycles. The van der Waals surface area contributed by atoms with Crippen molar-refractivity contribution < 1.29 is 4.74 Å². The van der Waals surface area contributed by atoms with E-state index in [1.165, 1.54) is 0 Å². The molecule has 1 aromatic rings. The summed E-state index contributed by atoms with van der Waals surface area (Å²) in [6, 6.07) is 0. The highest BCUT2D eigenvalue weighted by Crippen LogP contribution is 2.10. The van der Waals surface area contributed by atoms with E-state index in [9.17, 15) is 0 Å². The van der Waals surface area contributed by atoms with Gasteiger partial charge in [0.15, 0.2) is 0 Å². The van der Waals surface area contributed by atoms with Crippen molar-refractivity contribution in [1.82, 2.24) is 9.55 Å². The summed E-state index contributed by atoms with van der Waals surface area (Å²) in [6.07, 6.45) is 3.56. The average Bonchev–Trinajstić information content (AvgIpc) is 2.39. The molecule has 0 saturated heterocycles. The van der Waals surface area contributed by atoms with Gasteiger partial charge in [-0.3, -0.25) is 0 Å². The van der Waals surface area contributed by atoms with Gasteiger partial charge in [0.25, 0.3) is 0 Å². The number of methoxy groups -OCH3 is 1. The van der Waals surface area contributed by atoms with Crippen LogP contribution in [0.1, 0.15) is 11.8 Å². The number of hydrogen-bond donors (Lipinski definition) is 1. The van der Waals surface area contributed by atoms with E-state index in [0.29, 0.717) is 6.54 Å². The fraction of sp³-hybridized carbons (Fsp3) is 0.571. The van der Waals surface area contributed by atoms with Gasteiger partial charge in [-0.05, 0) is 0 Å². The van der Waals surface area contributed by atoms with E-state index in [4.69, 9.17) is 10.5 Å². The Balaban J connectivity index is 2.73. The van der Waals surface area contributed by atoms with Crippen LogP contribution >= 0.6 is 0 Å². The first kappa shape index (κ1) is 8.23. The van der Waals surface area contributed by atoms with Crippen molar-refractivity contribution in [1.29, 1.82) is 0 Å². The molecule has 0 aliphatic carbocycles. The molecule has 4 nitrogen and oxygen atoms in total. The van der Waals surface area contributed by atoms with Crippen molar-refractivity contribution in [2.24, 2.45) is 12.8 Å². The Hall–Kier alpha value is -0.870. The van der Waals surface area contributed by atoms with Gasteiger partial charge in [0, 0.05) is 26.9 Å². The average molecular weight is 155 g/mol. The molecular weight excluding hydrogens is 142 g/mol. The Morgan fingerprint density at radius 1 is 1.82 bits per heavy atom. The molecule has 1 aromatic heterocycles. The fourth-order valence-corrected chi connectivity index (χ4v) is 0.937. The molecule has 2 N–H and O–H groups in total. The monoisotopic (exact) mass is 155 g/mol. The van der Waals surface area contributed by atoms with Gasteiger partial charge >= 0.3 is 0 Å². The molecule has 0 spiro atoms. The fourth-order valence-electron chi connectivity index (χ4n) is 0.937. The number of imidazole rings is 1. The smallest absolute Gasteiger partial charge is 0.113 e. The largest absolute Gasteiger partial charge is 0.374 e. The number of ether oxygens (including phenoxy) is 1. The topological polar surface area (TPSA) is 53.1 Å². The molecule has 4 heteroatoms. The van der Waals surface area contributed by atoms with Crippen LogP contribution < -0.4 is 5.73 Å². The second-order valence-corrected chi connectivity index (χ2v) is 2.42. The molecule has 0 bridgehead atoms. The Morgan fingerprint density at radius 3 is 2.91 bits per heavy atom. The van der Waals surface area contributed by atoms with Crippen molar-refractivity contribution in [3.05, 3.63) is 18.2 Å². The maximum absolute atomic E-state index is 5.45. The Kier molecular flexibility index (Phi) is 2.62. The Morgan fingerprint density at radius 2 is 2.55 bits per heavy atom. The van der Waals surface area contributed by atoms with Gasteiger partial charge in [-0.1, -0.05) is 0 Å². The van der Waals surface area contributed by atoms with Crippen LogP contribution in [0.3, 0.4) is 0 Å². The minimum Gasteiger partial charge on any atom is -0.374 e. The zero-order valence-electron chi connectivity index (χ0n) is 6.82. The highest BCUT2D eigenvalue weighted by Gasteiger charge is 2.09. The first-order chi connectivity index (χ1) is 5.27. The van der Waals surface area contributed by atoms with Crippen LogP contribution in [-0.4, -0.2) is 23.2 Å². The lowest BCUT2D eigenvalue weighted by Gasteiger charge is -2.08. The summed E-state index contributed by atoms with van der Waals surface area (Å²) in [5.41, 5.74) is 6.34. The van der Waals surface area contributed by atoms with Crippen molar-refractivity contribution in [3.63, 3.8) is 0 Å². The van der Waals surface area contributed by atoms with Crippen LogP contribution in [0.2, 0.25) is 0 Å². The molecule has 1 unspecified atom stereocenters. The second kappa shape index (κ2) is 3.50. The van der Waals surface area contributed by atoms with Crippen molar-refractivity contribution in [2.45, 2.75) is 6.10 Å². The van der Waals surface area contributed by atoms with Crippen LogP contribution in [0.25, 0.3) is 0 Å². The zero-order valence-corrected chi connectivity index (χ0v) is 6.82. The summed E-state index contributed by atoms with van der Waals surface area (Å²) in [6.45, 7) is 0.466. The van der Waals surface area contributed by atoms with Gasteiger partial charge < -0.3 is 15.0 Å². The summed E-state index contributed by atoms with van der Waals surface area (Å²) >= 11 is 0. The van der Waals surface area contributed by atoms with E-state index in [1.807, 2.05) is 17.8 Å². The number of aryl methyl sites for hydroxylation is 1.